The quantitative estimate of drug-likeness (QED) is 0.579. The Morgan fingerprint density at radius 2 is 2.30 bits per heavy atom. The van der Waals surface area contributed by atoms with Gasteiger partial charge in [0.25, 0.3) is 0 Å². The lowest BCUT2D eigenvalue weighted by Gasteiger charge is -2.08. The summed E-state index contributed by atoms with van der Waals surface area (Å²) in [7, 11) is 0. The van der Waals surface area contributed by atoms with Crippen LogP contribution in [0.2, 0.25) is 0 Å². The van der Waals surface area contributed by atoms with Crippen LogP contribution in [0.5, 0.6) is 0 Å². The Morgan fingerprint density at radius 3 is 2.70 bits per heavy atom. The normalized spacial score (nSPS) is 13.2. The van der Waals surface area contributed by atoms with E-state index in [4.69, 9.17) is 0 Å². The molecule has 0 bridgehead atoms. The second kappa shape index (κ2) is 5.10. The predicted molar refractivity (Wildman–Crippen MR) is 30.6 cm³/mol. The van der Waals surface area contributed by atoms with Crippen molar-refractivity contribution in [1.29, 1.82) is 0 Å². The molecular formula is C5H9F2NO2. The van der Waals surface area contributed by atoms with Crippen LogP contribution < -0.4 is 5.32 Å². The van der Waals surface area contributed by atoms with Crippen LogP contribution in [-0.2, 0) is 9.53 Å². The molecule has 0 unspecified atom stereocenters. The minimum atomic E-state index is -2.77. The van der Waals surface area contributed by atoms with E-state index in [-0.39, 0.29) is 12.6 Å². The minimum Gasteiger partial charge on any atom is -0.354 e. The zero-order valence-corrected chi connectivity index (χ0v) is 5.51. The van der Waals surface area contributed by atoms with E-state index in [1.54, 1.807) is 6.92 Å². The number of hydrogen-bond donors (Lipinski definition) is 1. The largest absolute Gasteiger partial charge is 0.354 e. The maximum absolute atomic E-state index is 11.3. The number of carbonyl (C=O) groups excluding carboxylic acids is 1. The summed E-state index contributed by atoms with van der Waals surface area (Å²) in [6, 6.07) is -0.369. The molecule has 10 heavy (non-hydrogen) atoms. The Hall–Kier alpha value is -0.710. The molecule has 1 N–H and O–H groups in total. The van der Waals surface area contributed by atoms with Crippen LogP contribution >= 0.6 is 0 Å². The third-order valence-corrected chi connectivity index (χ3v) is 0.825. The fourth-order valence-electron chi connectivity index (χ4n) is 0.381. The van der Waals surface area contributed by atoms with Crippen molar-refractivity contribution in [1.82, 2.24) is 5.32 Å². The lowest BCUT2D eigenvalue weighted by Crippen LogP contribution is -2.29. The second-order valence-electron chi connectivity index (χ2n) is 1.78. The molecule has 5 heteroatoms. The van der Waals surface area contributed by atoms with Gasteiger partial charge in [0.1, 0.15) is 0 Å². The molecule has 1 amide bonds. The highest BCUT2D eigenvalue weighted by atomic mass is 19.3. The fraction of sp³-hybridized carbons (Fsp3) is 0.800. The highest BCUT2D eigenvalue weighted by Gasteiger charge is 2.04. The number of alkyl halides is 2. The van der Waals surface area contributed by atoms with Gasteiger partial charge in [-0.3, -0.25) is 4.79 Å². The van der Waals surface area contributed by atoms with Gasteiger partial charge >= 0.3 is 6.61 Å². The van der Waals surface area contributed by atoms with E-state index in [0.29, 0.717) is 6.41 Å². The van der Waals surface area contributed by atoms with Crippen LogP contribution in [-0.4, -0.2) is 25.7 Å². The molecular weight excluding hydrogens is 144 g/mol. The monoisotopic (exact) mass is 153 g/mol. The van der Waals surface area contributed by atoms with Crippen LogP contribution in [0, 0.1) is 0 Å². The van der Waals surface area contributed by atoms with Crippen LogP contribution in [0.25, 0.3) is 0 Å². The van der Waals surface area contributed by atoms with Crippen LogP contribution in [0.4, 0.5) is 8.78 Å². The zero-order valence-electron chi connectivity index (χ0n) is 5.51. The average Bonchev–Trinajstić information content (AvgIpc) is 1.85. The van der Waals surface area contributed by atoms with Gasteiger partial charge in [-0.15, -0.1) is 0 Å². The van der Waals surface area contributed by atoms with Crippen molar-refractivity contribution in [2.75, 3.05) is 6.61 Å². The molecule has 60 valence electrons. The lowest BCUT2D eigenvalue weighted by atomic mass is 10.4. The Morgan fingerprint density at radius 1 is 1.70 bits per heavy atom. The summed E-state index contributed by atoms with van der Waals surface area (Å²) in [5.74, 6) is 0. The maximum atomic E-state index is 11.3. The van der Waals surface area contributed by atoms with Gasteiger partial charge in [0.05, 0.1) is 6.61 Å². The van der Waals surface area contributed by atoms with Crippen LogP contribution in [0.1, 0.15) is 6.92 Å². The van der Waals surface area contributed by atoms with Gasteiger partial charge in [0, 0.05) is 6.04 Å². The van der Waals surface area contributed by atoms with Crippen molar-refractivity contribution in [3.63, 3.8) is 0 Å². The summed E-state index contributed by atoms with van der Waals surface area (Å²) in [6.45, 7) is -1.37. The molecule has 0 aromatic carbocycles. The van der Waals surface area contributed by atoms with Gasteiger partial charge in [0.2, 0.25) is 6.41 Å². The van der Waals surface area contributed by atoms with Gasteiger partial charge in [-0.2, -0.15) is 8.78 Å². The first-order chi connectivity index (χ1) is 4.66. The molecule has 0 aromatic rings. The Bertz CT molecular complexity index is 99.6. The summed E-state index contributed by atoms with van der Waals surface area (Å²) in [5.41, 5.74) is 0. The number of carbonyl (C=O) groups is 1. The predicted octanol–water partition coefficient (Wildman–Crippen LogP) is 0.360. The standard InChI is InChI=1S/C5H9F2NO2/c1-4(8-3-9)2-10-5(6)7/h3-5H,2H2,1H3,(H,8,9)/t4-/m1/s1. The van der Waals surface area contributed by atoms with E-state index in [9.17, 15) is 13.6 Å². The molecule has 0 radical (unpaired) electrons. The third-order valence-electron chi connectivity index (χ3n) is 0.825. The van der Waals surface area contributed by atoms with E-state index in [1.165, 1.54) is 0 Å². The minimum absolute atomic E-state index is 0.170. The van der Waals surface area contributed by atoms with Gasteiger partial charge in [0.15, 0.2) is 0 Å². The Kier molecular flexibility index (Phi) is 4.74. The molecule has 0 aliphatic heterocycles. The molecule has 0 fully saturated rings. The molecule has 1 atom stereocenters. The first-order valence-corrected chi connectivity index (χ1v) is 2.76. The van der Waals surface area contributed by atoms with E-state index in [2.05, 4.69) is 10.1 Å². The van der Waals surface area contributed by atoms with Crippen molar-refractivity contribution >= 4 is 6.41 Å². The SMILES string of the molecule is C[C@H](COC(F)F)NC=O. The second-order valence-corrected chi connectivity index (χ2v) is 1.78. The average molecular weight is 153 g/mol. The third kappa shape index (κ3) is 5.43. The Balaban J connectivity index is 3.20. The van der Waals surface area contributed by atoms with Gasteiger partial charge < -0.3 is 10.1 Å². The van der Waals surface area contributed by atoms with E-state index in [0.717, 1.165) is 0 Å². The first-order valence-electron chi connectivity index (χ1n) is 2.76. The summed E-state index contributed by atoms with van der Waals surface area (Å²) in [5, 5.41) is 2.26. The number of amides is 1. The number of hydrogen-bond acceptors (Lipinski definition) is 2. The zero-order chi connectivity index (χ0) is 7.98. The molecule has 0 saturated heterocycles. The highest BCUT2D eigenvalue weighted by Crippen LogP contribution is 1.94. The van der Waals surface area contributed by atoms with Crippen molar-refractivity contribution in [2.45, 2.75) is 19.6 Å². The van der Waals surface area contributed by atoms with E-state index in [1.807, 2.05) is 0 Å². The maximum Gasteiger partial charge on any atom is 0.345 e. The first kappa shape index (κ1) is 9.29. The summed E-state index contributed by atoms with van der Waals surface area (Å²) < 4.78 is 26.5. The van der Waals surface area contributed by atoms with Gasteiger partial charge in [-0.05, 0) is 6.92 Å². The van der Waals surface area contributed by atoms with Crippen molar-refractivity contribution in [3.8, 4) is 0 Å². The smallest absolute Gasteiger partial charge is 0.345 e. The number of ether oxygens (including phenoxy) is 1. The molecule has 0 heterocycles. The van der Waals surface area contributed by atoms with E-state index < -0.39 is 6.61 Å². The van der Waals surface area contributed by atoms with Crippen LogP contribution in [0.3, 0.4) is 0 Å². The topological polar surface area (TPSA) is 38.3 Å². The van der Waals surface area contributed by atoms with Crippen molar-refractivity contribution < 1.29 is 18.3 Å². The number of halogens is 2. The molecule has 0 aliphatic carbocycles. The summed E-state index contributed by atoms with van der Waals surface area (Å²) >= 11 is 0. The van der Waals surface area contributed by atoms with Crippen molar-refractivity contribution in [3.05, 3.63) is 0 Å². The molecule has 0 aliphatic rings. The lowest BCUT2D eigenvalue weighted by molar-refractivity contribution is -0.134. The summed E-state index contributed by atoms with van der Waals surface area (Å²) in [4.78, 5) is 9.71. The van der Waals surface area contributed by atoms with Gasteiger partial charge in [-0.25, -0.2) is 0 Å². The molecule has 0 saturated carbocycles. The molecule has 0 rings (SSSR count). The van der Waals surface area contributed by atoms with Crippen molar-refractivity contribution in [2.24, 2.45) is 0 Å². The van der Waals surface area contributed by atoms with Crippen LogP contribution in [0.15, 0.2) is 0 Å². The fourth-order valence-corrected chi connectivity index (χ4v) is 0.381. The number of nitrogens with one attached hydrogen (secondary N) is 1. The van der Waals surface area contributed by atoms with Gasteiger partial charge in [-0.1, -0.05) is 0 Å². The Labute approximate surface area is 57.4 Å². The van der Waals surface area contributed by atoms with E-state index >= 15 is 0 Å². The highest BCUT2D eigenvalue weighted by molar-refractivity contribution is 5.46. The molecule has 0 spiro atoms. The summed E-state index contributed by atoms with van der Waals surface area (Å²) in [6.07, 6.45) is 0.444. The molecule has 3 nitrogen and oxygen atoms in total. The number of rotatable bonds is 5. The molecule has 0 aromatic heterocycles.